The Morgan fingerprint density at radius 1 is 1.03 bits per heavy atom. The number of anilines is 2. The molecular weight excluding hydrogens is 410 g/mol. The number of oxazole rings is 1. The number of thiazole rings is 1. The Hall–Kier alpha value is -3.71. The first-order chi connectivity index (χ1) is 15.1. The highest BCUT2D eigenvalue weighted by molar-refractivity contribution is 7.22. The lowest BCUT2D eigenvalue weighted by Gasteiger charge is -2.20. The van der Waals surface area contributed by atoms with Crippen molar-refractivity contribution in [1.29, 1.82) is 0 Å². The molecule has 0 saturated carbocycles. The second-order valence-corrected chi connectivity index (χ2v) is 8.14. The maximum atomic E-state index is 13.5. The van der Waals surface area contributed by atoms with E-state index in [1.807, 2.05) is 54.6 Å². The van der Waals surface area contributed by atoms with E-state index in [1.54, 1.807) is 23.1 Å². The molecule has 2 heterocycles. The third kappa shape index (κ3) is 3.53. The average molecular weight is 430 g/mol. The molecule has 5 rings (SSSR count). The monoisotopic (exact) mass is 429 g/mol. The molecule has 31 heavy (non-hydrogen) atoms. The first-order valence-electron chi connectivity index (χ1n) is 10.00. The van der Waals surface area contributed by atoms with E-state index in [-0.39, 0.29) is 12.5 Å². The largest absolute Gasteiger partial charge is 0.420 e. The van der Waals surface area contributed by atoms with Gasteiger partial charge in [-0.1, -0.05) is 54.7 Å². The smallest absolute Gasteiger partial charge is 0.408 e. The molecule has 3 aromatic carbocycles. The van der Waals surface area contributed by atoms with Crippen LogP contribution in [0.2, 0.25) is 0 Å². The van der Waals surface area contributed by atoms with Crippen LogP contribution in [0.4, 0.5) is 10.8 Å². The molecule has 0 fully saturated rings. The topological polar surface area (TPSA) is 68.3 Å². The minimum Gasteiger partial charge on any atom is -0.408 e. The van der Waals surface area contributed by atoms with Crippen LogP contribution in [0.5, 0.6) is 0 Å². The highest BCUT2D eigenvalue weighted by Crippen LogP contribution is 2.34. The van der Waals surface area contributed by atoms with E-state index in [2.05, 4.69) is 11.9 Å². The van der Waals surface area contributed by atoms with E-state index in [1.165, 1.54) is 21.5 Å². The molecule has 0 saturated heterocycles. The number of nitrogens with zero attached hydrogens (tertiary/aromatic N) is 3. The molecule has 1 amide bonds. The van der Waals surface area contributed by atoms with Crippen molar-refractivity contribution in [2.45, 2.75) is 19.9 Å². The Bertz CT molecular complexity index is 1410. The van der Waals surface area contributed by atoms with Crippen LogP contribution in [0.1, 0.15) is 12.5 Å². The number of benzene rings is 3. The summed E-state index contributed by atoms with van der Waals surface area (Å²) >= 11 is 1.44. The van der Waals surface area contributed by atoms with Crippen molar-refractivity contribution in [1.82, 2.24) is 9.55 Å². The summed E-state index contributed by atoms with van der Waals surface area (Å²) in [4.78, 5) is 32.2. The number of amides is 1. The van der Waals surface area contributed by atoms with E-state index in [9.17, 15) is 9.59 Å². The van der Waals surface area contributed by atoms with Crippen molar-refractivity contribution in [2.24, 2.45) is 0 Å². The molecule has 0 bridgehead atoms. The maximum absolute atomic E-state index is 13.5. The number of rotatable bonds is 5. The summed E-state index contributed by atoms with van der Waals surface area (Å²) in [7, 11) is 0. The predicted octanol–water partition coefficient (Wildman–Crippen LogP) is 5.13. The summed E-state index contributed by atoms with van der Waals surface area (Å²) in [6.07, 6.45) is 0.908. The van der Waals surface area contributed by atoms with Gasteiger partial charge in [-0.05, 0) is 48.4 Å². The molecule has 0 unspecified atom stereocenters. The second kappa shape index (κ2) is 7.85. The van der Waals surface area contributed by atoms with Crippen molar-refractivity contribution in [3.05, 3.63) is 88.9 Å². The lowest BCUT2D eigenvalue weighted by Crippen LogP contribution is -2.32. The minimum atomic E-state index is -0.555. The Morgan fingerprint density at radius 3 is 2.55 bits per heavy atom. The third-order valence-electron chi connectivity index (χ3n) is 5.19. The number of hydrogen-bond donors (Lipinski definition) is 0. The van der Waals surface area contributed by atoms with Gasteiger partial charge in [-0.15, -0.1) is 0 Å². The fraction of sp³-hybridized carbons (Fsp3) is 0.125. The molecule has 0 atom stereocenters. The predicted molar refractivity (Wildman–Crippen MR) is 123 cm³/mol. The van der Waals surface area contributed by atoms with E-state index in [0.717, 1.165) is 16.6 Å². The molecule has 2 aromatic heterocycles. The summed E-state index contributed by atoms with van der Waals surface area (Å²) in [6.45, 7) is 1.93. The lowest BCUT2D eigenvalue weighted by atomic mass is 10.1. The molecule has 0 aliphatic rings. The lowest BCUT2D eigenvalue weighted by molar-refractivity contribution is -0.118. The van der Waals surface area contributed by atoms with Gasteiger partial charge >= 0.3 is 5.76 Å². The van der Waals surface area contributed by atoms with Crippen LogP contribution in [0.25, 0.3) is 21.3 Å². The van der Waals surface area contributed by atoms with Crippen LogP contribution in [0, 0.1) is 0 Å². The standard InChI is InChI=1S/C24H19N3O3S/c1-2-16-11-13-17(14-12-16)27(23-25-18-7-3-6-10-21(18)31-23)22(28)15-26-19-8-4-5-9-20(19)30-24(26)29/h3-14H,2,15H2,1H3. The fourth-order valence-corrected chi connectivity index (χ4v) is 4.57. The SMILES string of the molecule is CCc1ccc(N(C(=O)Cn2c(=O)oc3ccccc32)c2nc3ccccc3s2)cc1. The number of carbonyl (C=O) groups excluding carboxylic acids is 1. The number of para-hydroxylation sites is 3. The quantitative estimate of drug-likeness (QED) is 0.388. The van der Waals surface area contributed by atoms with Crippen LogP contribution in [-0.4, -0.2) is 15.5 Å². The van der Waals surface area contributed by atoms with Gasteiger partial charge in [0.05, 0.1) is 21.4 Å². The Kier molecular flexibility index (Phi) is 4.88. The van der Waals surface area contributed by atoms with E-state index in [0.29, 0.717) is 21.9 Å². The second-order valence-electron chi connectivity index (χ2n) is 7.14. The van der Waals surface area contributed by atoms with Crippen molar-refractivity contribution < 1.29 is 9.21 Å². The molecule has 0 spiro atoms. The van der Waals surface area contributed by atoms with E-state index in [4.69, 9.17) is 4.42 Å². The summed E-state index contributed by atoms with van der Waals surface area (Å²) in [5.41, 5.74) is 3.77. The number of aryl methyl sites for hydroxylation is 1. The van der Waals surface area contributed by atoms with Gasteiger partial charge in [-0.3, -0.25) is 14.3 Å². The van der Waals surface area contributed by atoms with Crippen molar-refractivity contribution in [3.8, 4) is 0 Å². The minimum absolute atomic E-state index is 0.151. The van der Waals surface area contributed by atoms with Crippen molar-refractivity contribution >= 4 is 49.4 Å². The van der Waals surface area contributed by atoms with Crippen molar-refractivity contribution in [3.63, 3.8) is 0 Å². The van der Waals surface area contributed by atoms with Gasteiger partial charge in [0.1, 0.15) is 6.54 Å². The van der Waals surface area contributed by atoms with Gasteiger partial charge < -0.3 is 4.42 Å². The van der Waals surface area contributed by atoms with Gasteiger partial charge in [-0.2, -0.15) is 0 Å². The molecule has 0 N–H and O–H groups in total. The number of aromatic nitrogens is 2. The fourth-order valence-electron chi connectivity index (χ4n) is 3.57. The zero-order valence-corrected chi connectivity index (χ0v) is 17.6. The number of fused-ring (bicyclic) bond motifs is 2. The van der Waals surface area contributed by atoms with Gasteiger partial charge in [0.2, 0.25) is 0 Å². The zero-order chi connectivity index (χ0) is 21.4. The van der Waals surface area contributed by atoms with Crippen LogP contribution >= 0.6 is 11.3 Å². The van der Waals surface area contributed by atoms with Gasteiger partial charge in [0, 0.05) is 0 Å². The Labute approximate surface area is 182 Å². The average Bonchev–Trinajstić information content (AvgIpc) is 3.35. The highest BCUT2D eigenvalue weighted by Gasteiger charge is 2.24. The van der Waals surface area contributed by atoms with Gasteiger partial charge in [0.25, 0.3) is 5.91 Å². The summed E-state index contributed by atoms with van der Waals surface area (Å²) in [6, 6.07) is 22.7. The number of hydrogen-bond acceptors (Lipinski definition) is 5. The highest BCUT2D eigenvalue weighted by atomic mass is 32.1. The van der Waals surface area contributed by atoms with Crippen LogP contribution in [0.3, 0.4) is 0 Å². The Balaban J connectivity index is 1.59. The molecule has 0 aliphatic heterocycles. The van der Waals surface area contributed by atoms with Crippen LogP contribution < -0.4 is 10.7 Å². The molecule has 6 nitrogen and oxygen atoms in total. The van der Waals surface area contributed by atoms with Crippen LogP contribution in [0.15, 0.2) is 82.0 Å². The van der Waals surface area contributed by atoms with E-state index >= 15 is 0 Å². The number of carbonyl (C=O) groups is 1. The van der Waals surface area contributed by atoms with Crippen molar-refractivity contribution in [2.75, 3.05) is 4.90 Å². The summed E-state index contributed by atoms with van der Waals surface area (Å²) < 4.78 is 7.64. The molecule has 154 valence electrons. The molecular formula is C24H19N3O3S. The molecule has 0 aliphatic carbocycles. The normalized spacial score (nSPS) is 11.3. The first kappa shape index (κ1) is 19.3. The zero-order valence-electron chi connectivity index (χ0n) is 16.8. The van der Waals surface area contributed by atoms with E-state index < -0.39 is 5.76 Å². The third-order valence-corrected chi connectivity index (χ3v) is 6.21. The molecule has 0 radical (unpaired) electrons. The summed E-state index contributed by atoms with van der Waals surface area (Å²) in [5.74, 6) is -0.822. The molecule has 5 aromatic rings. The maximum Gasteiger partial charge on any atom is 0.420 e. The van der Waals surface area contributed by atoms with Gasteiger partial charge in [0.15, 0.2) is 10.7 Å². The first-order valence-corrected chi connectivity index (χ1v) is 10.8. The van der Waals surface area contributed by atoms with Crippen LogP contribution in [-0.2, 0) is 17.8 Å². The Morgan fingerprint density at radius 2 is 1.77 bits per heavy atom. The molecule has 7 heteroatoms. The van der Waals surface area contributed by atoms with Gasteiger partial charge in [-0.25, -0.2) is 9.78 Å². The summed E-state index contributed by atoms with van der Waals surface area (Å²) in [5, 5.41) is 0.566.